The van der Waals surface area contributed by atoms with E-state index in [0.717, 1.165) is 11.1 Å². The molecule has 2 rings (SSSR count). The highest BCUT2D eigenvalue weighted by molar-refractivity contribution is 6.18. The van der Waals surface area contributed by atoms with Crippen molar-refractivity contribution in [2.24, 2.45) is 0 Å². The molecule has 0 radical (unpaired) electrons. The number of nitrogens with one attached hydrogen (secondary N) is 1. The van der Waals surface area contributed by atoms with E-state index in [0.29, 0.717) is 0 Å². The Labute approximate surface area is 180 Å². The molecule has 2 aromatic carbocycles. The first kappa shape index (κ1) is 23.2. The molecule has 1 N–H and O–H groups in total. The molecule has 0 aliphatic carbocycles. The Morgan fingerprint density at radius 1 is 0.833 bits per heavy atom. The average Bonchev–Trinajstić information content (AvgIpc) is 2.78. The Hall–Kier alpha value is -3.06. The van der Waals surface area contributed by atoms with Crippen LogP contribution in [0.3, 0.4) is 0 Å². The second kappa shape index (κ2) is 13.2. The number of hydrogen-bond donors (Lipinski definition) is 1. The fraction of sp³-hybridized carbons (Fsp3) is 0.318. The summed E-state index contributed by atoms with van der Waals surface area (Å²) in [5, 5.41) is 2.41. The fourth-order valence-corrected chi connectivity index (χ4v) is 2.54. The van der Waals surface area contributed by atoms with Crippen LogP contribution >= 0.6 is 11.6 Å². The van der Waals surface area contributed by atoms with Gasteiger partial charge in [0.2, 0.25) is 0 Å². The van der Waals surface area contributed by atoms with Crippen LogP contribution in [-0.2, 0) is 37.0 Å². The van der Waals surface area contributed by atoms with E-state index in [4.69, 9.17) is 25.8 Å². The maximum atomic E-state index is 12.4. The van der Waals surface area contributed by atoms with Gasteiger partial charge in [0.15, 0.2) is 0 Å². The number of carbonyl (C=O) groups is 3. The summed E-state index contributed by atoms with van der Waals surface area (Å²) in [7, 11) is 0. The van der Waals surface area contributed by atoms with Crippen molar-refractivity contribution in [1.29, 1.82) is 0 Å². The van der Waals surface area contributed by atoms with Crippen molar-refractivity contribution < 1.29 is 28.6 Å². The standard InChI is InChI=1S/C22H24ClNO6/c23-13-14-28-22(27)24-19(21(26)30-16-18-9-5-2-6-10-18)11-12-20(25)29-15-17-7-3-1-4-8-17/h1-10,19H,11-16H2,(H,24,27)/t19-/m0/s1. The zero-order valence-corrected chi connectivity index (χ0v) is 17.2. The summed E-state index contributed by atoms with van der Waals surface area (Å²) in [6, 6.07) is 17.3. The van der Waals surface area contributed by atoms with Crippen LogP contribution in [0, 0.1) is 0 Å². The topological polar surface area (TPSA) is 90.9 Å². The first-order chi connectivity index (χ1) is 14.6. The lowest BCUT2D eigenvalue weighted by molar-refractivity contribution is -0.149. The summed E-state index contributed by atoms with van der Waals surface area (Å²) in [6.45, 7) is 0.180. The van der Waals surface area contributed by atoms with Crippen molar-refractivity contribution in [3.05, 3.63) is 71.8 Å². The second-order valence-corrected chi connectivity index (χ2v) is 6.68. The van der Waals surface area contributed by atoms with E-state index in [1.54, 1.807) is 0 Å². The van der Waals surface area contributed by atoms with Crippen molar-refractivity contribution in [2.75, 3.05) is 12.5 Å². The number of carbonyl (C=O) groups excluding carboxylic acids is 3. The van der Waals surface area contributed by atoms with Gasteiger partial charge in [0.1, 0.15) is 25.9 Å². The smallest absolute Gasteiger partial charge is 0.407 e. The third-order valence-electron chi connectivity index (χ3n) is 3.99. The molecule has 0 aromatic heterocycles. The number of ether oxygens (including phenoxy) is 3. The van der Waals surface area contributed by atoms with E-state index in [1.165, 1.54) is 0 Å². The van der Waals surface area contributed by atoms with Crippen LogP contribution in [0.2, 0.25) is 0 Å². The largest absolute Gasteiger partial charge is 0.461 e. The van der Waals surface area contributed by atoms with Crippen LogP contribution in [0.25, 0.3) is 0 Å². The molecule has 0 saturated heterocycles. The molecule has 160 valence electrons. The molecule has 0 fully saturated rings. The van der Waals surface area contributed by atoms with E-state index in [2.05, 4.69) is 5.32 Å². The number of amides is 1. The summed E-state index contributed by atoms with van der Waals surface area (Å²) < 4.78 is 15.3. The number of hydrogen-bond acceptors (Lipinski definition) is 6. The summed E-state index contributed by atoms with van der Waals surface area (Å²) in [4.78, 5) is 36.3. The molecule has 0 unspecified atom stereocenters. The molecule has 0 saturated carbocycles. The summed E-state index contributed by atoms with van der Waals surface area (Å²) in [6.07, 6.45) is -0.875. The zero-order valence-electron chi connectivity index (χ0n) is 16.4. The molecular weight excluding hydrogens is 410 g/mol. The zero-order chi connectivity index (χ0) is 21.6. The van der Waals surface area contributed by atoms with Gasteiger partial charge in [-0.25, -0.2) is 9.59 Å². The first-order valence-corrected chi connectivity index (χ1v) is 10.0. The Kier molecular flexibility index (Phi) is 10.2. The lowest BCUT2D eigenvalue weighted by Gasteiger charge is -2.17. The van der Waals surface area contributed by atoms with Gasteiger partial charge in [0.25, 0.3) is 0 Å². The predicted molar refractivity (Wildman–Crippen MR) is 111 cm³/mol. The predicted octanol–water partition coefficient (Wildman–Crippen LogP) is 3.59. The molecule has 8 heteroatoms. The molecule has 1 atom stereocenters. The SMILES string of the molecule is O=C(CC[C@H](NC(=O)OCCCl)C(=O)OCc1ccccc1)OCc1ccccc1. The molecule has 0 heterocycles. The lowest BCUT2D eigenvalue weighted by atomic mass is 10.1. The quantitative estimate of drug-likeness (QED) is 0.331. The molecule has 7 nitrogen and oxygen atoms in total. The maximum Gasteiger partial charge on any atom is 0.407 e. The van der Waals surface area contributed by atoms with Crippen molar-refractivity contribution in [3.8, 4) is 0 Å². The molecule has 0 aliphatic rings. The summed E-state index contributed by atoms with van der Waals surface area (Å²) in [5.74, 6) is -1.03. The Bertz CT molecular complexity index is 800. The van der Waals surface area contributed by atoms with Crippen molar-refractivity contribution >= 4 is 29.6 Å². The molecule has 0 spiro atoms. The van der Waals surface area contributed by atoms with Crippen molar-refractivity contribution in [2.45, 2.75) is 32.1 Å². The number of rotatable bonds is 11. The van der Waals surface area contributed by atoms with Gasteiger partial charge in [-0.05, 0) is 17.5 Å². The number of alkyl carbamates (subject to hydrolysis) is 1. The average molecular weight is 434 g/mol. The van der Waals surface area contributed by atoms with Gasteiger partial charge in [-0.3, -0.25) is 4.79 Å². The third kappa shape index (κ3) is 8.96. The molecule has 1 amide bonds. The highest BCUT2D eigenvalue weighted by Gasteiger charge is 2.24. The Balaban J connectivity index is 1.86. The number of halogens is 1. The summed E-state index contributed by atoms with van der Waals surface area (Å²) >= 11 is 5.49. The van der Waals surface area contributed by atoms with E-state index >= 15 is 0 Å². The molecule has 30 heavy (non-hydrogen) atoms. The highest BCUT2D eigenvalue weighted by Crippen LogP contribution is 2.08. The Morgan fingerprint density at radius 3 is 1.97 bits per heavy atom. The highest BCUT2D eigenvalue weighted by atomic mass is 35.5. The van der Waals surface area contributed by atoms with Crippen LogP contribution in [0.1, 0.15) is 24.0 Å². The minimum absolute atomic E-state index is 0.00170. The summed E-state index contributed by atoms with van der Waals surface area (Å²) in [5.41, 5.74) is 1.66. The minimum Gasteiger partial charge on any atom is -0.461 e. The van der Waals surface area contributed by atoms with E-state index in [1.807, 2.05) is 60.7 Å². The van der Waals surface area contributed by atoms with Crippen LogP contribution in [-0.4, -0.2) is 36.6 Å². The third-order valence-corrected chi connectivity index (χ3v) is 4.14. The normalized spacial score (nSPS) is 11.2. The van der Waals surface area contributed by atoms with Gasteiger partial charge < -0.3 is 19.5 Å². The van der Waals surface area contributed by atoms with Gasteiger partial charge >= 0.3 is 18.0 Å². The van der Waals surface area contributed by atoms with Gasteiger partial charge in [-0.1, -0.05) is 60.7 Å². The van der Waals surface area contributed by atoms with Crippen LogP contribution in [0.5, 0.6) is 0 Å². The van der Waals surface area contributed by atoms with Crippen LogP contribution in [0.15, 0.2) is 60.7 Å². The van der Waals surface area contributed by atoms with E-state index in [-0.39, 0.29) is 38.5 Å². The number of benzene rings is 2. The maximum absolute atomic E-state index is 12.4. The fourth-order valence-electron chi connectivity index (χ4n) is 2.47. The molecule has 2 aromatic rings. The van der Waals surface area contributed by atoms with Gasteiger partial charge in [-0.2, -0.15) is 0 Å². The first-order valence-electron chi connectivity index (χ1n) is 9.48. The molecule has 0 bridgehead atoms. The monoisotopic (exact) mass is 433 g/mol. The lowest BCUT2D eigenvalue weighted by Crippen LogP contribution is -2.42. The van der Waals surface area contributed by atoms with Crippen molar-refractivity contribution in [1.82, 2.24) is 5.32 Å². The van der Waals surface area contributed by atoms with Gasteiger partial charge in [0.05, 0.1) is 5.88 Å². The second-order valence-electron chi connectivity index (χ2n) is 6.30. The van der Waals surface area contributed by atoms with Gasteiger partial charge in [0, 0.05) is 6.42 Å². The van der Waals surface area contributed by atoms with Crippen molar-refractivity contribution in [3.63, 3.8) is 0 Å². The number of alkyl halides is 1. The number of esters is 2. The Morgan fingerprint density at radius 2 is 1.40 bits per heavy atom. The van der Waals surface area contributed by atoms with Crippen LogP contribution < -0.4 is 5.32 Å². The van der Waals surface area contributed by atoms with E-state index < -0.39 is 24.1 Å². The van der Waals surface area contributed by atoms with Crippen LogP contribution in [0.4, 0.5) is 4.79 Å². The molecular formula is C22H24ClNO6. The van der Waals surface area contributed by atoms with Gasteiger partial charge in [-0.15, -0.1) is 11.6 Å². The van der Waals surface area contributed by atoms with E-state index in [9.17, 15) is 14.4 Å². The minimum atomic E-state index is -1.05. The molecule has 0 aliphatic heterocycles.